The number of aromatic nitrogens is 1. The highest BCUT2D eigenvalue weighted by molar-refractivity contribution is 7.88. The average Bonchev–Trinajstić information content (AvgIpc) is 2.85. The Morgan fingerprint density at radius 1 is 1.10 bits per heavy atom. The molecule has 1 atom stereocenters. The summed E-state index contributed by atoms with van der Waals surface area (Å²) < 4.78 is 75.4. The van der Waals surface area contributed by atoms with Crippen LogP contribution in [0, 0.1) is 17.5 Å². The Hall–Kier alpha value is -3.11. The van der Waals surface area contributed by atoms with Crippen molar-refractivity contribution in [1.82, 2.24) is 9.29 Å². The number of rotatable bonds is 8. The Morgan fingerprint density at radius 3 is 2.46 bits per heavy atom. The highest BCUT2D eigenvalue weighted by atomic mass is 32.2. The molecule has 4 rings (SSSR count). The molecule has 0 N–H and O–H groups in total. The maximum absolute atomic E-state index is 15.4. The van der Waals surface area contributed by atoms with E-state index in [1.165, 1.54) is 25.2 Å². The van der Waals surface area contributed by atoms with Crippen LogP contribution in [0.3, 0.4) is 0 Å². The van der Waals surface area contributed by atoms with Gasteiger partial charge in [0.25, 0.3) is 0 Å². The second-order valence-electron chi connectivity index (χ2n) is 10.8. The second kappa shape index (κ2) is 10.8. The number of hydrogen-bond donors (Lipinski definition) is 0. The van der Waals surface area contributed by atoms with E-state index < -0.39 is 33.1 Å². The summed E-state index contributed by atoms with van der Waals surface area (Å²) in [5.41, 5.74) is 1.82. The first-order chi connectivity index (χ1) is 18.2. The molecule has 210 valence electrons. The molecule has 0 amide bonds. The largest absolute Gasteiger partial charge is 0.481 e. The van der Waals surface area contributed by atoms with Gasteiger partial charge in [0.15, 0.2) is 11.6 Å². The summed E-state index contributed by atoms with van der Waals surface area (Å²) in [4.78, 5) is 6.26. The van der Waals surface area contributed by atoms with Crippen molar-refractivity contribution in [2.45, 2.75) is 58.7 Å². The first kappa shape index (κ1) is 28.9. The molecule has 0 saturated heterocycles. The van der Waals surface area contributed by atoms with Gasteiger partial charge in [0.2, 0.25) is 10.0 Å². The lowest BCUT2D eigenvalue weighted by atomic mass is 9.98. The van der Waals surface area contributed by atoms with E-state index in [9.17, 15) is 17.2 Å². The van der Waals surface area contributed by atoms with E-state index in [-0.39, 0.29) is 35.9 Å². The molecule has 0 bridgehead atoms. The predicted molar refractivity (Wildman–Crippen MR) is 147 cm³/mol. The number of anilines is 1. The van der Waals surface area contributed by atoms with Crippen LogP contribution in [0.5, 0.6) is 5.75 Å². The monoisotopic (exact) mass is 561 g/mol. The molecule has 10 heteroatoms. The first-order valence-corrected chi connectivity index (χ1v) is 14.7. The summed E-state index contributed by atoms with van der Waals surface area (Å²) in [6, 6.07) is 9.20. The molecule has 2 heterocycles. The van der Waals surface area contributed by atoms with E-state index in [1.54, 1.807) is 18.2 Å². The van der Waals surface area contributed by atoms with E-state index in [1.807, 2.05) is 13.8 Å². The Balaban J connectivity index is 1.66. The number of pyridine rings is 1. The maximum atomic E-state index is 15.4. The Labute approximate surface area is 228 Å². The molecular formula is C29H34F3N3O3S. The van der Waals surface area contributed by atoms with Crippen LogP contribution in [0.1, 0.15) is 50.9 Å². The molecule has 1 aliphatic rings. The minimum Gasteiger partial charge on any atom is -0.481 e. The molecule has 0 aliphatic carbocycles. The van der Waals surface area contributed by atoms with E-state index >= 15 is 4.39 Å². The molecule has 39 heavy (non-hydrogen) atoms. The number of sulfonamides is 1. The Bertz CT molecular complexity index is 1490. The van der Waals surface area contributed by atoms with Crippen LogP contribution in [-0.4, -0.2) is 49.2 Å². The topological polar surface area (TPSA) is 62.7 Å². The second-order valence-corrected chi connectivity index (χ2v) is 12.9. The highest BCUT2D eigenvalue weighted by Gasteiger charge is 2.36. The van der Waals surface area contributed by atoms with E-state index in [0.29, 0.717) is 29.1 Å². The number of hydrogen-bond acceptors (Lipinski definition) is 5. The fourth-order valence-corrected chi connectivity index (χ4v) is 5.04. The Kier molecular flexibility index (Phi) is 8.01. The maximum Gasteiger partial charge on any atom is 0.211 e. The zero-order chi connectivity index (χ0) is 28.7. The van der Waals surface area contributed by atoms with Crippen molar-refractivity contribution in [3.63, 3.8) is 0 Å². The summed E-state index contributed by atoms with van der Waals surface area (Å²) in [6.07, 6.45) is 3.19. The lowest BCUT2D eigenvalue weighted by molar-refractivity contribution is 0.0960. The summed E-state index contributed by atoms with van der Waals surface area (Å²) in [5.74, 6) is -1.56. The molecule has 1 aromatic heterocycles. The van der Waals surface area contributed by atoms with Crippen molar-refractivity contribution in [2.75, 3.05) is 24.7 Å². The highest BCUT2D eigenvalue weighted by Crippen LogP contribution is 2.43. The van der Waals surface area contributed by atoms with Crippen LogP contribution in [0.2, 0.25) is 0 Å². The summed E-state index contributed by atoms with van der Waals surface area (Å²) in [7, 11) is -2.07. The number of benzene rings is 2. The molecule has 6 nitrogen and oxygen atoms in total. The average molecular weight is 562 g/mol. The molecule has 0 saturated carbocycles. The zero-order valence-corrected chi connectivity index (χ0v) is 23.9. The standard InChI is InChI=1S/C29H34F3N3O3S/c1-7-18(2)35-17-29(3,4)38-28-25(31)12-21(13-27(28)35)23-14-22(33-15-26(23)32)10-19-8-9-20(24(30)11-19)16-34(5)39(6,36)37/h8-9,11-15,18H,7,10,16-17H2,1-6H3. The fraction of sp³-hybridized carbons (Fsp3) is 0.414. The van der Waals surface area contributed by atoms with E-state index in [4.69, 9.17) is 4.74 Å². The number of nitrogens with zero attached hydrogens (tertiary/aromatic N) is 3. The van der Waals surface area contributed by atoms with Crippen molar-refractivity contribution in [3.8, 4) is 16.9 Å². The van der Waals surface area contributed by atoms with Crippen LogP contribution in [0.25, 0.3) is 11.1 Å². The smallest absolute Gasteiger partial charge is 0.211 e. The zero-order valence-electron chi connectivity index (χ0n) is 23.1. The van der Waals surface area contributed by atoms with Gasteiger partial charge < -0.3 is 9.64 Å². The van der Waals surface area contributed by atoms with Gasteiger partial charge in [-0.1, -0.05) is 19.1 Å². The van der Waals surface area contributed by atoms with Gasteiger partial charge in [-0.05, 0) is 62.6 Å². The third kappa shape index (κ3) is 6.38. The summed E-state index contributed by atoms with van der Waals surface area (Å²) in [5, 5.41) is 0. The molecule has 2 aromatic carbocycles. The van der Waals surface area contributed by atoms with Gasteiger partial charge in [-0.3, -0.25) is 4.98 Å². The minimum absolute atomic E-state index is 0.0949. The summed E-state index contributed by atoms with van der Waals surface area (Å²) in [6.45, 7) is 8.40. The third-order valence-electron chi connectivity index (χ3n) is 7.07. The van der Waals surface area contributed by atoms with Crippen LogP contribution in [0.4, 0.5) is 18.9 Å². The van der Waals surface area contributed by atoms with Crippen molar-refractivity contribution >= 4 is 15.7 Å². The van der Waals surface area contributed by atoms with Crippen molar-refractivity contribution in [3.05, 3.63) is 76.9 Å². The van der Waals surface area contributed by atoms with Gasteiger partial charge in [-0.15, -0.1) is 0 Å². The fourth-order valence-electron chi connectivity index (χ4n) is 4.66. The SMILES string of the molecule is CCC(C)N1CC(C)(C)Oc2c(F)cc(-c3cc(Cc4ccc(CN(C)S(C)(=O)=O)c(F)c4)ncc3F)cc21. The van der Waals surface area contributed by atoms with Crippen LogP contribution < -0.4 is 9.64 Å². The number of ether oxygens (including phenoxy) is 1. The van der Waals surface area contributed by atoms with Gasteiger partial charge in [-0.25, -0.2) is 25.9 Å². The summed E-state index contributed by atoms with van der Waals surface area (Å²) >= 11 is 0. The van der Waals surface area contributed by atoms with Gasteiger partial charge in [0.05, 0.1) is 24.7 Å². The minimum atomic E-state index is -3.45. The van der Waals surface area contributed by atoms with Crippen molar-refractivity contribution in [2.24, 2.45) is 0 Å². The normalized spacial score (nSPS) is 15.7. The molecule has 0 spiro atoms. The van der Waals surface area contributed by atoms with Crippen molar-refractivity contribution < 1.29 is 26.3 Å². The molecular weight excluding hydrogens is 527 g/mol. The predicted octanol–water partition coefficient (Wildman–Crippen LogP) is 5.92. The number of halogens is 3. The molecule has 3 aromatic rings. The van der Waals surface area contributed by atoms with Gasteiger partial charge in [0.1, 0.15) is 17.2 Å². The van der Waals surface area contributed by atoms with Gasteiger partial charge in [-0.2, -0.15) is 0 Å². The lowest BCUT2D eigenvalue weighted by Crippen LogP contribution is -2.50. The molecule has 0 radical (unpaired) electrons. The van der Waals surface area contributed by atoms with Crippen LogP contribution in [-0.2, 0) is 23.0 Å². The lowest BCUT2D eigenvalue weighted by Gasteiger charge is -2.44. The number of fused-ring (bicyclic) bond motifs is 1. The third-order valence-corrected chi connectivity index (χ3v) is 8.33. The van der Waals surface area contributed by atoms with Gasteiger partial charge in [0, 0.05) is 42.9 Å². The quantitative estimate of drug-likeness (QED) is 0.342. The molecule has 0 fully saturated rings. The molecule has 1 aliphatic heterocycles. The van der Waals surface area contributed by atoms with Crippen LogP contribution in [0.15, 0.2) is 42.6 Å². The van der Waals surface area contributed by atoms with Crippen LogP contribution >= 0.6 is 0 Å². The van der Waals surface area contributed by atoms with Crippen molar-refractivity contribution in [1.29, 1.82) is 0 Å². The molecule has 1 unspecified atom stereocenters. The first-order valence-electron chi connectivity index (χ1n) is 12.8. The Morgan fingerprint density at radius 2 is 1.82 bits per heavy atom. The van der Waals surface area contributed by atoms with E-state index in [0.717, 1.165) is 23.2 Å². The van der Waals surface area contributed by atoms with E-state index in [2.05, 4.69) is 23.7 Å². The van der Waals surface area contributed by atoms with Gasteiger partial charge >= 0.3 is 0 Å².